The molecule has 0 atom stereocenters. The van der Waals surface area contributed by atoms with Gasteiger partial charge in [0.25, 0.3) is 0 Å². The highest BCUT2D eigenvalue weighted by molar-refractivity contribution is 5.99. The van der Waals surface area contributed by atoms with E-state index in [-0.39, 0.29) is 17.2 Å². The third kappa shape index (κ3) is 7.41. The summed E-state index contributed by atoms with van der Waals surface area (Å²) < 4.78 is 44.4. The number of rotatable bonds is 8. The minimum atomic E-state index is -4.78. The van der Waals surface area contributed by atoms with Gasteiger partial charge in [0.1, 0.15) is 5.75 Å². The molecule has 45 heavy (non-hydrogen) atoms. The average Bonchev–Trinajstić information content (AvgIpc) is 3.57. The lowest BCUT2D eigenvalue weighted by atomic mass is 9.89. The first kappa shape index (κ1) is 31.9. The van der Waals surface area contributed by atoms with Crippen molar-refractivity contribution in [1.29, 1.82) is 0 Å². The number of alkyl halides is 3. The number of carbonyl (C=O) groups excluding carboxylic acids is 1. The van der Waals surface area contributed by atoms with E-state index >= 15 is 0 Å². The van der Waals surface area contributed by atoms with Crippen molar-refractivity contribution in [3.8, 4) is 39.4 Å². The highest BCUT2D eigenvalue weighted by Gasteiger charge is 2.32. The summed E-state index contributed by atoms with van der Waals surface area (Å²) in [7, 11) is 0. The van der Waals surface area contributed by atoms with Crippen molar-refractivity contribution >= 4 is 11.9 Å². The van der Waals surface area contributed by atoms with Crippen LogP contribution >= 0.6 is 0 Å². The quantitative estimate of drug-likeness (QED) is 0.182. The van der Waals surface area contributed by atoms with Crippen LogP contribution in [0, 0.1) is 5.92 Å². The van der Waals surface area contributed by atoms with E-state index in [0.717, 1.165) is 54.4 Å². The standard InChI is InChI=1S/C32H28F3NO3.C4H9NO/c33-32(34,35)39-23-15-13-21(14-16-23)29-18-28(31(37)38)30(36(29)19-20-7-2-1-3-8-20)26-12-6-11-25-24-10-5-4-9-22(24)17-27(25)26;1-2-3-4(5)6/h4-6,9-16,18,20H,1-3,7-8,17,19H2,(H,37,38);2-3H2,1H3,(H2,5,6). The average molecular weight is 619 g/mol. The van der Waals surface area contributed by atoms with Gasteiger partial charge in [0.15, 0.2) is 0 Å². The van der Waals surface area contributed by atoms with Gasteiger partial charge >= 0.3 is 12.3 Å². The molecule has 3 N–H and O–H groups in total. The van der Waals surface area contributed by atoms with Gasteiger partial charge < -0.3 is 20.1 Å². The number of carboxylic acid groups (broad SMARTS) is 1. The molecule has 1 amide bonds. The van der Waals surface area contributed by atoms with Crippen LogP contribution in [0.25, 0.3) is 33.6 Å². The first-order chi connectivity index (χ1) is 21.6. The van der Waals surface area contributed by atoms with Crippen molar-refractivity contribution in [2.75, 3.05) is 0 Å². The maximum atomic E-state index is 12.7. The number of aromatic nitrogens is 1. The SMILES string of the molecule is CCCC(N)=O.O=C(O)c1cc(-c2ccc(OC(F)(F)F)cc2)n(CC2CCCCC2)c1-c1cccc2c1Cc1ccccc1-2. The fraction of sp³-hybridized carbons (Fsp3) is 0.333. The van der Waals surface area contributed by atoms with Crippen LogP contribution < -0.4 is 10.5 Å². The van der Waals surface area contributed by atoms with Crippen molar-refractivity contribution in [3.05, 3.63) is 89.5 Å². The second-order valence-corrected chi connectivity index (χ2v) is 11.7. The number of fused-ring (bicyclic) bond motifs is 3. The zero-order valence-electron chi connectivity index (χ0n) is 25.2. The molecule has 4 aromatic rings. The Balaban J connectivity index is 0.000000609. The molecule has 2 aliphatic rings. The molecule has 0 bridgehead atoms. The number of benzene rings is 3. The molecular weight excluding hydrogens is 581 g/mol. The molecule has 2 aliphatic carbocycles. The number of hydrogen-bond donors (Lipinski definition) is 2. The highest BCUT2D eigenvalue weighted by atomic mass is 19.4. The zero-order chi connectivity index (χ0) is 32.1. The predicted octanol–water partition coefficient (Wildman–Crippen LogP) is 8.84. The van der Waals surface area contributed by atoms with Gasteiger partial charge in [-0.3, -0.25) is 4.79 Å². The van der Waals surface area contributed by atoms with Crippen LogP contribution in [0.1, 0.15) is 73.4 Å². The van der Waals surface area contributed by atoms with Crippen molar-refractivity contribution in [2.24, 2.45) is 11.7 Å². The van der Waals surface area contributed by atoms with E-state index in [0.29, 0.717) is 42.3 Å². The van der Waals surface area contributed by atoms with E-state index in [1.54, 1.807) is 18.2 Å². The van der Waals surface area contributed by atoms with Gasteiger partial charge in [-0.05, 0) is 89.8 Å². The molecule has 3 aromatic carbocycles. The van der Waals surface area contributed by atoms with Gasteiger partial charge in [-0.2, -0.15) is 0 Å². The van der Waals surface area contributed by atoms with Gasteiger partial charge in [-0.15, -0.1) is 13.2 Å². The molecule has 6 nitrogen and oxygen atoms in total. The lowest BCUT2D eigenvalue weighted by molar-refractivity contribution is -0.274. The molecule has 9 heteroatoms. The number of hydrogen-bond acceptors (Lipinski definition) is 3. The molecule has 0 saturated heterocycles. The second-order valence-electron chi connectivity index (χ2n) is 11.7. The fourth-order valence-electron chi connectivity index (χ4n) is 6.51. The summed E-state index contributed by atoms with van der Waals surface area (Å²) >= 11 is 0. The number of carboxylic acids is 1. The van der Waals surface area contributed by atoms with Crippen LogP contribution in [0.4, 0.5) is 13.2 Å². The van der Waals surface area contributed by atoms with Crippen LogP contribution in [-0.2, 0) is 17.8 Å². The molecule has 1 saturated carbocycles. The highest BCUT2D eigenvalue weighted by Crippen LogP contribution is 2.44. The van der Waals surface area contributed by atoms with E-state index in [1.807, 2.05) is 31.2 Å². The largest absolute Gasteiger partial charge is 0.573 e. The number of nitrogens with zero attached hydrogens (tertiary/aromatic N) is 1. The second kappa shape index (κ2) is 13.6. The normalized spacial score (nSPS) is 14.2. The fourth-order valence-corrected chi connectivity index (χ4v) is 6.51. The first-order valence-electron chi connectivity index (χ1n) is 15.4. The van der Waals surface area contributed by atoms with Crippen LogP contribution in [-0.4, -0.2) is 27.9 Å². The molecule has 1 aromatic heterocycles. The Kier molecular flexibility index (Phi) is 9.65. The summed E-state index contributed by atoms with van der Waals surface area (Å²) in [6.07, 6.45) is 2.92. The Bertz CT molecular complexity index is 1670. The molecule has 0 aliphatic heterocycles. The Morgan fingerprint density at radius 3 is 2.22 bits per heavy atom. The summed E-state index contributed by atoms with van der Waals surface area (Å²) in [6, 6.07) is 21.6. The number of aromatic carboxylic acids is 1. The summed E-state index contributed by atoms with van der Waals surface area (Å²) in [5.74, 6) is -1.16. The number of nitrogens with two attached hydrogens (primary N) is 1. The molecule has 1 fully saturated rings. The lowest BCUT2D eigenvalue weighted by Crippen LogP contribution is -2.17. The Hall–Kier alpha value is -4.53. The molecule has 236 valence electrons. The van der Waals surface area contributed by atoms with Crippen molar-refractivity contribution in [2.45, 2.75) is 71.2 Å². The Labute approximate surface area is 260 Å². The maximum Gasteiger partial charge on any atom is 0.573 e. The molecular formula is C36H37F3N2O4. The van der Waals surface area contributed by atoms with E-state index in [9.17, 15) is 27.9 Å². The third-order valence-corrected chi connectivity index (χ3v) is 8.48. The predicted molar refractivity (Wildman–Crippen MR) is 168 cm³/mol. The van der Waals surface area contributed by atoms with Crippen LogP contribution in [0.2, 0.25) is 0 Å². The lowest BCUT2D eigenvalue weighted by Gasteiger charge is -2.25. The maximum absolute atomic E-state index is 12.7. The van der Waals surface area contributed by atoms with Gasteiger partial charge in [-0.25, -0.2) is 4.79 Å². The van der Waals surface area contributed by atoms with Crippen LogP contribution in [0.3, 0.4) is 0 Å². The van der Waals surface area contributed by atoms with Gasteiger partial charge in [0.2, 0.25) is 5.91 Å². The molecule has 0 spiro atoms. The van der Waals surface area contributed by atoms with E-state index in [2.05, 4.69) is 27.5 Å². The first-order valence-corrected chi connectivity index (χ1v) is 15.4. The summed E-state index contributed by atoms with van der Waals surface area (Å²) in [6.45, 7) is 2.57. The van der Waals surface area contributed by atoms with E-state index in [4.69, 9.17) is 5.73 Å². The van der Waals surface area contributed by atoms with Crippen molar-refractivity contribution < 1.29 is 32.6 Å². The third-order valence-electron chi connectivity index (χ3n) is 8.48. The minimum Gasteiger partial charge on any atom is -0.478 e. The number of ether oxygens (including phenoxy) is 1. The van der Waals surface area contributed by atoms with Gasteiger partial charge in [0.05, 0.1) is 11.3 Å². The van der Waals surface area contributed by atoms with Crippen LogP contribution in [0.5, 0.6) is 5.75 Å². The van der Waals surface area contributed by atoms with Crippen LogP contribution in [0.15, 0.2) is 72.8 Å². The smallest absolute Gasteiger partial charge is 0.478 e. The molecule has 1 heterocycles. The topological polar surface area (TPSA) is 94.6 Å². The van der Waals surface area contributed by atoms with E-state index < -0.39 is 12.3 Å². The number of halogens is 3. The number of carbonyl (C=O) groups is 2. The zero-order valence-corrected chi connectivity index (χ0v) is 25.2. The number of amides is 1. The van der Waals surface area contributed by atoms with Crippen molar-refractivity contribution in [3.63, 3.8) is 0 Å². The summed E-state index contributed by atoms with van der Waals surface area (Å²) in [4.78, 5) is 22.5. The van der Waals surface area contributed by atoms with E-state index in [1.165, 1.54) is 24.1 Å². The Morgan fingerprint density at radius 1 is 0.933 bits per heavy atom. The molecule has 6 rings (SSSR count). The Morgan fingerprint density at radius 2 is 1.60 bits per heavy atom. The summed E-state index contributed by atoms with van der Waals surface area (Å²) in [5, 5.41) is 10.4. The molecule has 0 unspecified atom stereocenters. The summed E-state index contributed by atoms with van der Waals surface area (Å²) in [5.41, 5.74) is 12.4. The monoisotopic (exact) mass is 618 g/mol. The molecule has 0 radical (unpaired) electrons. The van der Waals surface area contributed by atoms with Gasteiger partial charge in [0, 0.05) is 24.2 Å². The number of primary amides is 1. The van der Waals surface area contributed by atoms with Crippen molar-refractivity contribution in [1.82, 2.24) is 4.57 Å². The minimum absolute atomic E-state index is 0.195. The van der Waals surface area contributed by atoms with Gasteiger partial charge in [-0.1, -0.05) is 68.7 Å².